The Bertz CT molecular complexity index is 1450. The fourth-order valence-electron chi connectivity index (χ4n) is 5.78. The van der Waals surface area contributed by atoms with Crippen LogP contribution in [0.3, 0.4) is 0 Å². The third kappa shape index (κ3) is 5.63. The largest absolute Gasteiger partial charge is 0.498 e. The molecule has 0 saturated heterocycles. The highest BCUT2D eigenvalue weighted by atomic mass is 16.7. The Hall–Kier alpha value is -4.56. The molecule has 3 aromatic rings. The van der Waals surface area contributed by atoms with Gasteiger partial charge >= 0.3 is 12.1 Å². The monoisotopic (exact) mass is 569 g/mol. The maximum absolute atomic E-state index is 13.5. The Kier molecular flexibility index (Phi) is 8.36. The Balaban J connectivity index is 1.41. The van der Waals surface area contributed by atoms with Gasteiger partial charge < -0.3 is 29.4 Å². The number of fused-ring (bicyclic) bond motifs is 3. The first-order valence-electron chi connectivity index (χ1n) is 14.0. The van der Waals surface area contributed by atoms with Crippen molar-refractivity contribution in [1.29, 1.82) is 0 Å². The van der Waals surface area contributed by atoms with Crippen LogP contribution in [0.25, 0.3) is 11.1 Å². The lowest BCUT2D eigenvalue weighted by molar-refractivity contribution is -0.142. The lowest BCUT2D eigenvalue weighted by Crippen LogP contribution is -2.54. The number of hydrogen-bond donors (Lipinski definition) is 2. The second-order valence-corrected chi connectivity index (χ2v) is 10.5. The standard InChI is InChI=1S/C34H35NO7/c1-4-23(31(36)37)20-33(18-19-34(40-3,21-30(33)39-2)42-24-12-6-5-7-13-24)35-32(38)41-22-29-27-16-10-8-14-25(27)26-15-9-11-17-28(26)29/h5-19,21,23,29H,4,20,22H2,1-3H3,(H,35,38)(H,36,37)/t23?,33-,34-/m1/s1. The van der Waals surface area contributed by atoms with Crippen LogP contribution in [-0.2, 0) is 19.0 Å². The molecule has 218 valence electrons. The van der Waals surface area contributed by atoms with Crippen LogP contribution in [0.15, 0.2) is 103 Å². The number of methoxy groups -OCH3 is 2. The van der Waals surface area contributed by atoms with E-state index in [4.69, 9.17) is 18.9 Å². The van der Waals surface area contributed by atoms with Crippen molar-refractivity contribution in [3.63, 3.8) is 0 Å². The first-order valence-corrected chi connectivity index (χ1v) is 14.0. The minimum atomic E-state index is -1.34. The number of hydrogen-bond acceptors (Lipinski definition) is 6. The summed E-state index contributed by atoms with van der Waals surface area (Å²) in [4.78, 5) is 25.6. The summed E-state index contributed by atoms with van der Waals surface area (Å²) in [5.41, 5.74) is 3.12. The van der Waals surface area contributed by atoms with Crippen molar-refractivity contribution in [2.75, 3.05) is 20.8 Å². The third-order valence-electron chi connectivity index (χ3n) is 8.01. The minimum absolute atomic E-state index is 0.0321. The lowest BCUT2D eigenvalue weighted by Gasteiger charge is -2.40. The molecule has 0 aliphatic heterocycles. The van der Waals surface area contributed by atoms with E-state index < -0.39 is 29.3 Å². The Labute approximate surface area is 245 Å². The number of ether oxygens (including phenoxy) is 4. The maximum atomic E-state index is 13.5. The van der Waals surface area contributed by atoms with Crippen LogP contribution in [0.4, 0.5) is 4.79 Å². The van der Waals surface area contributed by atoms with Gasteiger partial charge in [0, 0.05) is 19.1 Å². The number of nitrogens with one attached hydrogen (secondary N) is 1. The minimum Gasteiger partial charge on any atom is -0.498 e. The summed E-state index contributed by atoms with van der Waals surface area (Å²) in [7, 11) is 2.96. The van der Waals surface area contributed by atoms with E-state index in [-0.39, 0.29) is 24.7 Å². The van der Waals surface area contributed by atoms with Gasteiger partial charge in [0.1, 0.15) is 23.7 Å². The van der Waals surface area contributed by atoms with E-state index in [1.165, 1.54) is 14.2 Å². The number of amides is 1. The van der Waals surface area contributed by atoms with Crippen LogP contribution in [0.5, 0.6) is 5.75 Å². The fourth-order valence-corrected chi connectivity index (χ4v) is 5.78. The number of benzene rings is 3. The van der Waals surface area contributed by atoms with Gasteiger partial charge in [-0.25, -0.2) is 4.79 Å². The molecule has 0 spiro atoms. The van der Waals surface area contributed by atoms with Crippen LogP contribution in [0.1, 0.15) is 36.8 Å². The maximum Gasteiger partial charge on any atom is 0.408 e. The van der Waals surface area contributed by atoms with Gasteiger partial charge in [0.2, 0.25) is 0 Å². The van der Waals surface area contributed by atoms with Gasteiger partial charge in [-0.1, -0.05) is 73.7 Å². The molecule has 3 aromatic carbocycles. The van der Waals surface area contributed by atoms with Crippen LogP contribution in [0.2, 0.25) is 0 Å². The zero-order valence-electron chi connectivity index (χ0n) is 23.9. The smallest absolute Gasteiger partial charge is 0.408 e. The molecule has 2 aliphatic carbocycles. The van der Waals surface area contributed by atoms with Crippen molar-refractivity contribution in [3.8, 4) is 16.9 Å². The molecule has 0 bridgehead atoms. The molecule has 1 amide bonds. The van der Waals surface area contributed by atoms with Crippen LogP contribution < -0.4 is 10.1 Å². The van der Waals surface area contributed by atoms with Crippen LogP contribution >= 0.6 is 0 Å². The molecule has 42 heavy (non-hydrogen) atoms. The third-order valence-corrected chi connectivity index (χ3v) is 8.01. The summed E-state index contributed by atoms with van der Waals surface area (Å²) >= 11 is 0. The molecule has 0 heterocycles. The molecule has 8 nitrogen and oxygen atoms in total. The average molecular weight is 570 g/mol. The highest BCUT2D eigenvalue weighted by Crippen LogP contribution is 2.44. The summed E-state index contributed by atoms with van der Waals surface area (Å²) in [5.74, 6) is -2.38. The molecule has 0 radical (unpaired) electrons. The van der Waals surface area contributed by atoms with Crippen molar-refractivity contribution in [2.45, 2.75) is 37.0 Å². The van der Waals surface area contributed by atoms with Gasteiger partial charge in [-0.15, -0.1) is 0 Å². The zero-order valence-corrected chi connectivity index (χ0v) is 23.9. The van der Waals surface area contributed by atoms with E-state index in [0.717, 1.165) is 22.3 Å². The summed E-state index contributed by atoms with van der Waals surface area (Å²) in [6, 6.07) is 25.3. The molecule has 3 atom stereocenters. The van der Waals surface area contributed by atoms with Gasteiger partial charge in [-0.05, 0) is 59.4 Å². The van der Waals surface area contributed by atoms with Crippen molar-refractivity contribution in [2.24, 2.45) is 5.92 Å². The summed E-state index contributed by atoms with van der Waals surface area (Å²) in [6.45, 7) is 1.90. The van der Waals surface area contributed by atoms with E-state index in [0.29, 0.717) is 12.2 Å². The molecule has 5 rings (SSSR count). The molecule has 1 unspecified atom stereocenters. The van der Waals surface area contributed by atoms with Crippen molar-refractivity contribution in [1.82, 2.24) is 5.32 Å². The Morgan fingerprint density at radius 2 is 1.52 bits per heavy atom. The zero-order chi connectivity index (χ0) is 29.7. The molecular formula is C34H35NO7. The highest BCUT2D eigenvalue weighted by Gasteiger charge is 2.46. The molecule has 0 saturated carbocycles. The molecule has 2 aliphatic rings. The lowest BCUT2D eigenvalue weighted by atomic mass is 9.80. The SMILES string of the molecule is CCC(C[C@]1(NC(=O)OCC2c3ccccc3-c3ccccc32)C=C[C@@](OC)(Oc2ccccc2)C=C1OC)C(=O)O. The number of alkyl carbamates (subject to hydrolysis) is 1. The van der Waals surface area contributed by atoms with Crippen molar-refractivity contribution >= 4 is 12.1 Å². The van der Waals surface area contributed by atoms with E-state index in [2.05, 4.69) is 17.4 Å². The van der Waals surface area contributed by atoms with Crippen LogP contribution in [-0.4, -0.2) is 49.3 Å². The molecular weight excluding hydrogens is 534 g/mol. The number of carboxylic acids is 1. The quantitative estimate of drug-likeness (QED) is 0.207. The molecule has 2 N–H and O–H groups in total. The first kappa shape index (κ1) is 29.0. The number of carbonyl (C=O) groups is 2. The van der Waals surface area contributed by atoms with Crippen molar-refractivity contribution in [3.05, 3.63) is 114 Å². The van der Waals surface area contributed by atoms with Crippen LogP contribution in [0, 0.1) is 5.92 Å². The summed E-state index contributed by atoms with van der Waals surface area (Å²) in [6.07, 6.45) is 4.62. The number of para-hydroxylation sites is 1. The van der Waals surface area contributed by atoms with E-state index in [9.17, 15) is 14.7 Å². The second-order valence-electron chi connectivity index (χ2n) is 10.5. The van der Waals surface area contributed by atoms with E-state index in [1.54, 1.807) is 37.3 Å². The highest BCUT2D eigenvalue weighted by molar-refractivity contribution is 5.79. The molecule has 0 fully saturated rings. The van der Waals surface area contributed by atoms with Gasteiger partial charge in [0.05, 0.1) is 13.0 Å². The fraction of sp³-hybridized carbons (Fsp3) is 0.294. The Morgan fingerprint density at radius 3 is 2.10 bits per heavy atom. The van der Waals surface area contributed by atoms with Gasteiger partial charge in [0.15, 0.2) is 0 Å². The average Bonchev–Trinajstić information content (AvgIpc) is 3.33. The molecule has 8 heteroatoms. The topological polar surface area (TPSA) is 103 Å². The first-order chi connectivity index (χ1) is 20.3. The Morgan fingerprint density at radius 1 is 0.905 bits per heavy atom. The predicted octanol–water partition coefficient (Wildman–Crippen LogP) is 6.29. The van der Waals surface area contributed by atoms with Gasteiger partial charge in [-0.2, -0.15) is 0 Å². The summed E-state index contributed by atoms with van der Waals surface area (Å²) < 4.78 is 23.5. The van der Waals surface area contributed by atoms with Crippen molar-refractivity contribution < 1.29 is 33.6 Å². The molecule has 0 aromatic heterocycles. The number of rotatable bonds is 11. The van der Waals surface area contributed by atoms with E-state index in [1.807, 2.05) is 54.6 Å². The number of carboxylic acid groups (broad SMARTS) is 1. The predicted molar refractivity (Wildman–Crippen MR) is 158 cm³/mol. The normalized spacial score (nSPS) is 21.5. The second kappa shape index (κ2) is 12.1. The number of carbonyl (C=O) groups excluding carboxylic acids is 1. The van der Waals surface area contributed by atoms with Gasteiger partial charge in [0.25, 0.3) is 5.79 Å². The number of aliphatic carboxylic acids is 1. The van der Waals surface area contributed by atoms with E-state index >= 15 is 0 Å². The van der Waals surface area contributed by atoms with Gasteiger partial charge in [-0.3, -0.25) is 4.79 Å². The summed E-state index contributed by atoms with van der Waals surface area (Å²) in [5, 5.41) is 12.8.